The van der Waals surface area contributed by atoms with Gasteiger partial charge in [-0.1, -0.05) is 13.8 Å². The van der Waals surface area contributed by atoms with Gasteiger partial charge in [0.2, 0.25) is 5.13 Å². The zero-order chi connectivity index (χ0) is 12.3. The van der Waals surface area contributed by atoms with Gasteiger partial charge in [-0.3, -0.25) is 0 Å². The average molecular weight is 254 g/mol. The van der Waals surface area contributed by atoms with Gasteiger partial charge >= 0.3 is 0 Å². The molecule has 0 spiro atoms. The van der Waals surface area contributed by atoms with Crippen LogP contribution in [0.25, 0.3) is 0 Å². The van der Waals surface area contributed by atoms with Crippen molar-refractivity contribution in [1.82, 2.24) is 14.7 Å². The highest BCUT2D eigenvalue weighted by Gasteiger charge is 2.21. The van der Waals surface area contributed by atoms with Crippen LogP contribution >= 0.6 is 11.5 Å². The molecule has 1 fully saturated rings. The Labute approximate surface area is 108 Å². The van der Waals surface area contributed by atoms with Crippen molar-refractivity contribution in [3.05, 3.63) is 5.82 Å². The van der Waals surface area contributed by atoms with E-state index in [1.165, 1.54) is 24.4 Å². The smallest absolute Gasteiger partial charge is 0.205 e. The van der Waals surface area contributed by atoms with E-state index in [0.717, 1.165) is 36.5 Å². The molecular weight excluding hydrogens is 232 g/mol. The van der Waals surface area contributed by atoms with Crippen molar-refractivity contribution in [3.8, 4) is 0 Å². The van der Waals surface area contributed by atoms with Crippen LogP contribution < -0.4 is 10.2 Å². The fourth-order valence-electron chi connectivity index (χ4n) is 2.15. The van der Waals surface area contributed by atoms with E-state index in [0.29, 0.717) is 6.04 Å². The highest BCUT2D eigenvalue weighted by atomic mass is 32.1. The number of hydrogen-bond donors (Lipinski definition) is 1. The van der Waals surface area contributed by atoms with Crippen molar-refractivity contribution in [1.29, 1.82) is 0 Å². The normalized spacial score (nSPS) is 18.0. The Morgan fingerprint density at radius 1 is 1.41 bits per heavy atom. The Bertz CT molecular complexity index is 342. The molecule has 0 saturated carbocycles. The summed E-state index contributed by atoms with van der Waals surface area (Å²) in [5.74, 6) is 1.72. The molecule has 0 bridgehead atoms. The van der Waals surface area contributed by atoms with E-state index in [9.17, 15) is 0 Å². The Balaban J connectivity index is 1.78. The van der Waals surface area contributed by atoms with E-state index in [2.05, 4.69) is 33.4 Å². The molecule has 1 aromatic rings. The van der Waals surface area contributed by atoms with Gasteiger partial charge in [0.25, 0.3) is 0 Å². The van der Waals surface area contributed by atoms with Gasteiger partial charge < -0.3 is 10.2 Å². The lowest BCUT2D eigenvalue weighted by molar-refractivity contribution is 0.370. The zero-order valence-corrected chi connectivity index (χ0v) is 11.8. The third-order valence-corrected chi connectivity index (χ3v) is 4.08. The second kappa shape index (κ2) is 5.78. The van der Waals surface area contributed by atoms with Gasteiger partial charge in [0.1, 0.15) is 5.82 Å². The largest absolute Gasteiger partial charge is 0.347 e. The SMILES string of the molecule is Cc1nsc(N2CCC(CNC(C)C)CC2)n1. The molecule has 0 amide bonds. The maximum Gasteiger partial charge on any atom is 0.205 e. The topological polar surface area (TPSA) is 41.1 Å². The van der Waals surface area contributed by atoms with E-state index >= 15 is 0 Å². The van der Waals surface area contributed by atoms with Crippen LogP contribution in [-0.2, 0) is 0 Å². The molecular formula is C12H22N4S. The van der Waals surface area contributed by atoms with E-state index in [4.69, 9.17) is 0 Å². The van der Waals surface area contributed by atoms with Gasteiger partial charge in [0, 0.05) is 30.7 Å². The molecule has 2 heterocycles. The average Bonchev–Trinajstić information content (AvgIpc) is 2.74. The Morgan fingerprint density at radius 3 is 2.65 bits per heavy atom. The second-order valence-electron chi connectivity index (χ2n) is 5.12. The number of piperidine rings is 1. The molecule has 1 aromatic heterocycles. The Hall–Kier alpha value is -0.680. The molecule has 17 heavy (non-hydrogen) atoms. The van der Waals surface area contributed by atoms with Crippen molar-refractivity contribution in [3.63, 3.8) is 0 Å². The van der Waals surface area contributed by atoms with Crippen molar-refractivity contribution in [2.45, 2.75) is 39.7 Å². The number of nitrogens with zero attached hydrogens (tertiary/aromatic N) is 3. The molecule has 5 heteroatoms. The van der Waals surface area contributed by atoms with Gasteiger partial charge in [-0.2, -0.15) is 4.37 Å². The number of aryl methyl sites for hydroxylation is 1. The molecule has 2 rings (SSSR count). The lowest BCUT2D eigenvalue weighted by Gasteiger charge is -2.31. The number of anilines is 1. The van der Waals surface area contributed by atoms with Crippen molar-refractivity contribution < 1.29 is 0 Å². The minimum Gasteiger partial charge on any atom is -0.347 e. The van der Waals surface area contributed by atoms with Gasteiger partial charge in [0.15, 0.2) is 0 Å². The molecule has 0 atom stereocenters. The van der Waals surface area contributed by atoms with Crippen LogP contribution in [-0.4, -0.2) is 35.0 Å². The predicted molar refractivity (Wildman–Crippen MR) is 72.7 cm³/mol. The summed E-state index contributed by atoms with van der Waals surface area (Å²) in [5, 5.41) is 4.63. The molecule has 0 radical (unpaired) electrons. The summed E-state index contributed by atoms with van der Waals surface area (Å²) in [7, 11) is 0. The third-order valence-electron chi connectivity index (χ3n) is 3.22. The molecule has 1 aliphatic rings. The summed E-state index contributed by atoms with van der Waals surface area (Å²) in [4.78, 5) is 6.82. The van der Waals surface area contributed by atoms with Crippen molar-refractivity contribution >= 4 is 16.7 Å². The maximum atomic E-state index is 4.45. The highest BCUT2D eigenvalue weighted by molar-refractivity contribution is 7.09. The van der Waals surface area contributed by atoms with Gasteiger partial charge in [-0.25, -0.2) is 4.98 Å². The fourth-order valence-corrected chi connectivity index (χ4v) is 2.87. The lowest BCUT2D eigenvalue weighted by Crippen LogP contribution is -2.38. The molecule has 1 N–H and O–H groups in total. The van der Waals surface area contributed by atoms with Crippen LogP contribution in [0, 0.1) is 12.8 Å². The summed E-state index contributed by atoms with van der Waals surface area (Å²) in [6, 6.07) is 0.596. The molecule has 1 saturated heterocycles. The molecule has 0 aliphatic carbocycles. The van der Waals surface area contributed by atoms with Crippen LogP contribution in [0.4, 0.5) is 5.13 Å². The van der Waals surface area contributed by atoms with Crippen LogP contribution in [0.2, 0.25) is 0 Å². The monoisotopic (exact) mass is 254 g/mol. The van der Waals surface area contributed by atoms with E-state index in [1.807, 2.05) is 6.92 Å². The number of nitrogens with one attached hydrogen (secondary N) is 1. The third kappa shape index (κ3) is 3.64. The summed E-state index contributed by atoms with van der Waals surface area (Å²) < 4.78 is 4.25. The highest BCUT2D eigenvalue weighted by Crippen LogP contribution is 2.24. The van der Waals surface area contributed by atoms with E-state index < -0.39 is 0 Å². The summed E-state index contributed by atoms with van der Waals surface area (Å²) in [6.45, 7) is 9.77. The second-order valence-corrected chi connectivity index (χ2v) is 5.85. The number of hydrogen-bond acceptors (Lipinski definition) is 5. The van der Waals surface area contributed by atoms with E-state index in [1.54, 1.807) is 0 Å². The number of rotatable bonds is 4. The Kier molecular flexibility index (Phi) is 4.34. The van der Waals surface area contributed by atoms with Crippen LogP contribution in [0.3, 0.4) is 0 Å². The molecule has 0 unspecified atom stereocenters. The quantitative estimate of drug-likeness (QED) is 0.893. The minimum absolute atomic E-state index is 0.596. The molecule has 0 aromatic carbocycles. The number of aromatic nitrogens is 2. The predicted octanol–water partition coefficient (Wildman–Crippen LogP) is 2.06. The molecule has 4 nitrogen and oxygen atoms in total. The van der Waals surface area contributed by atoms with Crippen LogP contribution in [0.1, 0.15) is 32.5 Å². The van der Waals surface area contributed by atoms with Gasteiger partial charge in [-0.15, -0.1) is 0 Å². The van der Waals surface area contributed by atoms with E-state index in [-0.39, 0.29) is 0 Å². The van der Waals surface area contributed by atoms with Crippen molar-refractivity contribution in [2.75, 3.05) is 24.5 Å². The molecule has 1 aliphatic heterocycles. The first-order chi connectivity index (χ1) is 8.15. The summed E-state index contributed by atoms with van der Waals surface area (Å²) in [6.07, 6.45) is 2.52. The van der Waals surface area contributed by atoms with Crippen molar-refractivity contribution in [2.24, 2.45) is 5.92 Å². The Morgan fingerprint density at radius 2 is 2.12 bits per heavy atom. The standard InChI is InChI=1S/C12H22N4S/c1-9(2)13-8-11-4-6-16(7-5-11)12-14-10(3)15-17-12/h9,11,13H,4-8H2,1-3H3. The summed E-state index contributed by atoms with van der Waals surface area (Å²) >= 11 is 1.52. The first kappa shape index (κ1) is 12.8. The minimum atomic E-state index is 0.596. The lowest BCUT2D eigenvalue weighted by atomic mass is 9.97. The first-order valence-electron chi connectivity index (χ1n) is 6.44. The van der Waals surface area contributed by atoms with Crippen LogP contribution in [0.5, 0.6) is 0 Å². The first-order valence-corrected chi connectivity index (χ1v) is 7.21. The summed E-state index contributed by atoms with van der Waals surface area (Å²) in [5.41, 5.74) is 0. The van der Waals surface area contributed by atoms with Gasteiger partial charge in [0.05, 0.1) is 0 Å². The van der Waals surface area contributed by atoms with Gasteiger partial charge in [-0.05, 0) is 32.2 Å². The zero-order valence-electron chi connectivity index (χ0n) is 10.9. The maximum absolute atomic E-state index is 4.45. The fraction of sp³-hybridized carbons (Fsp3) is 0.833. The van der Waals surface area contributed by atoms with Crippen LogP contribution in [0.15, 0.2) is 0 Å². The molecule has 96 valence electrons.